The van der Waals surface area contributed by atoms with Crippen LogP contribution in [0.25, 0.3) is 0 Å². The summed E-state index contributed by atoms with van der Waals surface area (Å²) in [6, 6.07) is 10.9. The molecule has 1 aromatic rings. The van der Waals surface area contributed by atoms with Crippen molar-refractivity contribution in [1.29, 1.82) is 0 Å². The van der Waals surface area contributed by atoms with Crippen molar-refractivity contribution in [1.82, 2.24) is 0 Å². The Morgan fingerprint density at radius 3 is 2.32 bits per heavy atom. The van der Waals surface area contributed by atoms with Crippen LogP contribution in [0.3, 0.4) is 0 Å². The van der Waals surface area contributed by atoms with Crippen LogP contribution < -0.4 is 0 Å². The first-order valence-corrected chi connectivity index (χ1v) is 8.29. The summed E-state index contributed by atoms with van der Waals surface area (Å²) in [6.45, 7) is 11.6. The van der Waals surface area contributed by atoms with E-state index in [-0.39, 0.29) is 10.8 Å². The zero-order chi connectivity index (χ0) is 16.0. The number of fused-ring (bicyclic) bond motifs is 1. The molecule has 0 saturated carbocycles. The third kappa shape index (κ3) is 1.97. The predicted molar refractivity (Wildman–Crippen MR) is 95.9 cm³/mol. The molecule has 3 rings (SSSR count). The maximum Gasteiger partial charge on any atom is 0.0388 e. The monoisotopic (exact) mass is 290 g/mol. The third-order valence-corrected chi connectivity index (χ3v) is 5.99. The van der Waals surface area contributed by atoms with Crippen LogP contribution in [0.15, 0.2) is 76.9 Å². The Labute approximate surface area is 135 Å². The molecule has 0 N–H and O–H groups in total. The van der Waals surface area contributed by atoms with E-state index in [1.807, 2.05) is 0 Å². The minimum absolute atomic E-state index is 0.0480. The average molecular weight is 290 g/mol. The van der Waals surface area contributed by atoms with E-state index < -0.39 is 0 Å². The van der Waals surface area contributed by atoms with Crippen molar-refractivity contribution in [3.8, 4) is 0 Å². The SMILES string of the molecule is CCC1(C)C=C2C=CC=C(C)C(C)(c3ccccc3)C2=C1C. The summed E-state index contributed by atoms with van der Waals surface area (Å²) in [5.41, 5.74) is 7.36. The van der Waals surface area contributed by atoms with Crippen molar-refractivity contribution in [2.75, 3.05) is 0 Å². The van der Waals surface area contributed by atoms with Crippen molar-refractivity contribution < 1.29 is 0 Å². The van der Waals surface area contributed by atoms with Crippen LogP contribution in [-0.4, -0.2) is 0 Å². The van der Waals surface area contributed by atoms with Gasteiger partial charge in [0.15, 0.2) is 0 Å². The van der Waals surface area contributed by atoms with E-state index in [2.05, 4.69) is 89.3 Å². The molecule has 0 heteroatoms. The van der Waals surface area contributed by atoms with Crippen molar-refractivity contribution in [2.45, 2.75) is 46.5 Å². The van der Waals surface area contributed by atoms with Gasteiger partial charge in [-0.05, 0) is 43.9 Å². The molecule has 2 aliphatic rings. The highest BCUT2D eigenvalue weighted by Crippen LogP contribution is 2.53. The van der Waals surface area contributed by atoms with E-state index in [0.29, 0.717) is 0 Å². The number of hydrogen-bond acceptors (Lipinski definition) is 0. The van der Waals surface area contributed by atoms with Crippen molar-refractivity contribution in [3.63, 3.8) is 0 Å². The van der Waals surface area contributed by atoms with Gasteiger partial charge in [0, 0.05) is 10.8 Å². The molecule has 0 radical (unpaired) electrons. The van der Waals surface area contributed by atoms with E-state index >= 15 is 0 Å². The van der Waals surface area contributed by atoms with Gasteiger partial charge >= 0.3 is 0 Å². The minimum Gasteiger partial charge on any atom is -0.0670 e. The van der Waals surface area contributed by atoms with E-state index in [4.69, 9.17) is 0 Å². The number of allylic oxidation sites excluding steroid dienone is 8. The molecule has 0 saturated heterocycles. The lowest BCUT2D eigenvalue weighted by Crippen LogP contribution is -2.27. The molecule has 0 fully saturated rings. The van der Waals surface area contributed by atoms with E-state index in [1.54, 1.807) is 0 Å². The Hall–Kier alpha value is -1.82. The minimum atomic E-state index is -0.0480. The second-order valence-corrected chi connectivity index (χ2v) is 7.07. The van der Waals surface area contributed by atoms with E-state index in [1.165, 1.54) is 27.9 Å². The molecule has 0 aromatic heterocycles. The van der Waals surface area contributed by atoms with Crippen LogP contribution in [0.2, 0.25) is 0 Å². The first-order valence-electron chi connectivity index (χ1n) is 8.29. The second-order valence-electron chi connectivity index (χ2n) is 7.07. The van der Waals surface area contributed by atoms with E-state index in [0.717, 1.165) is 6.42 Å². The fourth-order valence-corrected chi connectivity index (χ4v) is 3.99. The fraction of sp³-hybridized carbons (Fsp3) is 0.364. The zero-order valence-corrected chi connectivity index (χ0v) is 14.4. The Morgan fingerprint density at radius 1 is 1.00 bits per heavy atom. The zero-order valence-electron chi connectivity index (χ0n) is 14.4. The highest BCUT2D eigenvalue weighted by Gasteiger charge is 2.42. The van der Waals surface area contributed by atoms with E-state index in [9.17, 15) is 0 Å². The molecule has 0 amide bonds. The van der Waals surface area contributed by atoms with Gasteiger partial charge in [0.1, 0.15) is 0 Å². The Balaban J connectivity index is 2.31. The molecule has 114 valence electrons. The van der Waals surface area contributed by atoms with Gasteiger partial charge in [-0.1, -0.05) is 79.6 Å². The van der Waals surface area contributed by atoms with Crippen LogP contribution in [-0.2, 0) is 5.41 Å². The molecular formula is C22H26. The Bertz CT molecular complexity index is 712. The van der Waals surface area contributed by atoms with Gasteiger partial charge in [-0.3, -0.25) is 0 Å². The van der Waals surface area contributed by atoms with Gasteiger partial charge in [0.05, 0.1) is 0 Å². The number of hydrogen-bond donors (Lipinski definition) is 0. The smallest absolute Gasteiger partial charge is 0.0388 e. The van der Waals surface area contributed by atoms with Crippen LogP contribution in [0, 0.1) is 5.41 Å². The molecule has 2 aliphatic carbocycles. The Kier molecular flexibility index (Phi) is 3.51. The second kappa shape index (κ2) is 5.12. The molecular weight excluding hydrogens is 264 g/mol. The van der Waals surface area contributed by atoms with Crippen LogP contribution in [0.1, 0.15) is 46.6 Å². The molecule has 0 heterocycles. The lowest BCUT2D eigenvalue weighted by Gasteiger charge is -2.35. The summed E-state index contributed by atoms with van der Waals surface area (Å²) in [6.07, 6.45) is 10.4. The molecule has 22 heavy (non-hydrogen) atoms. The number of benzene rings is 1. The lowest BCUT2D eigenvalue weighted by molar-refractivity contribution is 0.494. The summed E-state index contributed by atoms with van der Waals surface area (Å²) < 4.78 is 0. The Morgan fingerprint density at radius 2 is 1.68 bits per heavy atom. The first kappa shape index (κ1) is 15.1. The van der Waals surface area contributed by atoms with Crippen molar-refractivity contribution in [2.24, 2.45) is 5.41 Å². The third-order valence-electron chi connectivity index (χ3n) is 5.99. The molecule has 0 bridgehead atoms. The first-order chi connectivity index (χ1) is 10.4. The van der Waals surface area contributed by atoms with Crippen LogP contribution in [0.5, 0.6) is 0 Å². The van der Waals surface area contributed by atoms with Crippen LogP contribution >= 0.6 is 0 Å². The highest BCUT2D eigenvalue weighted by molar-refractivity contribution is 5.65. The summed E-state index contributed by atoms with van der Waals surface area (Å²) in [5.74, 6) is 0. The highest BCUT2D eigenvalue weighted by atomic mass is 14.5. The molecule has 0 nitrogen and oxygen atoms in total. The van der Waals surface area contributed by atoms with Gasteiger partial charge in [0.25, 0.3) is 0 Å². The molecule has 2 unspecified atom stereocenters. The molecule has 2 atom stereocenters. The topological polar surface area (TPSA) is 0 Å². The summed E-state index contributed by atoms with van der Waals surface area (Å²) >= 11 is 0. The molecule has 1 aromatic carbocycles. The summed E-state index contributed by atoms with van der Waals surface area (Å²) in [7, 11) is 0. The van der Waals surface area contributed by atoms with Gasteiger partial charge in [-0.2, -0.15) is 0 Å². The summed E-state index contributed by atoms with van der Waals surface area (Å²) in [5, 5.41) is 0. The van der Waals surface area contributed by atoms with Crippen molar-refractivity contribution >= 4 is 0 Å². The van der Waals surface area contributed by atoms with Crippen LogP contribution in [0.4, 0.5) is 0 Å². The maximum absolute atomic E-state index is 2.47. The van der Waals surface area contributed by atoms with Gasteiger partial charge < -0.3 is 0 Å². The molecule has 0 aliphatic heterocycles. The van der Waals surface area contributed by atoms with Gasteiger partial charge in [-0.15, -0.1) is 0 Å². The quantitative estimate of drug-likeness (QED) is 0.614. The molecule has 0 spiro atoms. The normalized spacial score (nSPS) is 30.8. The van der Waals surface area contributed by atoms with Gasteiger partial charge in [-0.25, -0.2) is 0 Å². The summed E-state index contributed by atoms with van der Waals surface area (Å²) in [4.78, 5) is 0. The standard InChI is InChI=1S/C22H26/c1-6-21(4)15-18-12-10-11-16(2)22(5,20(18)17(21)3)19-13-8-7-9-14-19/h7-15H,6H2,1-5H3. The average Bonchev–Trinajstić information content (AvgIpc) is 2.71. The van der Waals surface area contributed by atoms with Crippen molar-refractivity contribution in [3.05, 3.63) is 82.5 Å². The van der Waals surface area contributed by atoms with Gasteiger partial charge in [0.2, 0.25) is 0 Å². The maximum atomic E-state index is 2.47. The fourth-order valence-electron chi connectivity index (χ4n) is 3.99. The number of rotatable bonds is 2. The predicted octanol–water partition coefficient (Wildman–Crippen LogP) is 6.13. The lowest BCUT2D eigenvalue weighted by atomic mass is 9.67. The largest absolute Gasteiger partial charge is 0.0670 e.